The first kappa shape index (κ1) is 17.3. The van der Waals surface area contributed by atoms with E-state index in [1.54, 1.807) is 24.3 Å². The minimum absolute atomic E-state index is 0.0274. The van der Waals surface area contributed by atoms with Gasteiger partial charge >= 0.3 is 0 Å². The lowest BCUT2D eigenvalue weighted by atomic mass is 9.85. The minimum Gasteiger partial charge on any atom is -0.493 e. The molecule has 6 heteroatoms. The maximum absolute atomic E-state index is 12.7. The second-order valence-electron chi connectivity index (χ2n) is 6.63. The topological polar surface area (TPSA) is 77.0 Å². The van der Waals surface area contributed by atoms with E-state index in [0.29, 0.717) is 22.8 Å². The molecule has 2 amide bonds. The summed E-state index contributed by atoms with van der Waals surface area (Å²) in [7, 11) is 3.00. The smallest absolute Gasteiger partial charge is 0.281 e. The summed E-state index contributed by atoms with van der Waals surface area (Å²) in [5.74, 6) is 0.456. The van der Waals surface area contributed by atoms with Crippen LogP contribution in [-0.2, 0) is 4.79 Å². The van der Waals surface area contributed by atoms with Crippen LogP contribution in [0.3, 0.4) is 0 Å². The van der Waals surface area contributed by atoms with Gasteiger partial charge < -0.3 is 14.8 Å². The summed E-state index contributed by atoms with van der Waals surface area (Å²) in [5, 5.41) is 2.95. The lowest BCUT2D eigenvalue weighted by molar-refractivity contribution is -0.117. The third-order valence-electron chi connectivity index (χ3n) is 5.13. The highest BCUT2D eigenvalue weighted by Crippen LogP contribution is 2.39. The van der Waals surface area contributed by atoms with Gasteiger partial charge in [-0.05, 0) is 49.1 Å². The van der Waals surface area contributed by atoms with E-state index in [9.17, 15) is 9.59 Å². The summed E-state index contributed by atoms with van der Waals surface area (Å²) in [6.07, 6.45) is 8.42. The van der Waals surface area contributed by atoms with Crippen LogP contribution in [0.1, 0.15) is 29.6 Å². The molecule has 1 aliphatic heterocycles. The SMILES string of the molecule is COc1cccc(C(=O)N=C2C=CC3C(=C2)NC(=O)C2=C3CCC2)c1OC. The normalized spacial score (nSPS) is 22.1. The lowest BCUT2D eigenvalue weighted by Gasteiger charge is -2.28. The Balaban J connectivity index is 1.65. The number of carbonyl (C=O) groups excluding carboxylic acids is 2. The molecule has 4 rings (SSSR count). The van der Waals surface area contributed by atoms with Gasteiger partial charge in [0.2, 0.25) is 0 Å². The Bertz CT molecular complexity index is 953. The highest BCUT2D eigenvalue weighted by atomic mass is 16.5. The van der Waals surface area contributed by atoms with Gasteiger partial charge in [0.25, 0.3) is 11.8 Å². The number of nitrogens with zero attached hydrogens (tertiary/aromatic N) is 1. The molecular formula is C21H20N2O4. The number of hydrogen-bond acceptors (Lipinski definition) is 4. The zero-order valence-electron chi connectivity index (χ0n) is 15.2. The molecule has 3 aliphatic rings. The fourth-order valence-corrected chi connectivity index (χ4v) is 3.89. The minimum atomic E-state index is -0.427. The highest BCUT2D eigenvalue weighted by molar-refractivity contribution is 6.15. The molecule has 1 aromatic rings. The Morgan fingerprint density at radius 2 is 2.07 bits per heavy atom. The van der Waals surface area contributed by atoms with E-state index in [1.165, 1.54) is 19.8 Å². The van der Waals surface area contributed by atoms with E-state index in [1.807, 2.05) is 12.2 Å². The summed E-state index contributed by atoms with van der Waals surface area (Å²) in [5.41, 5.74) is 3.72. The molecule has 6 nitrogen and oxygen atoms in total. The van der Waals surface area contributed by atoms with Crippen molar-refractivity contribution < 1.29 is 19.1 Å². The summed E-state index contributed by atoms with van der Waals surface area (Å²) in [4.78, 5) is 29.2. The predicted octanol–water partition coefficient (Wildman–Crippen LogP) is 2.97. The van der Waals surface area contributed by atoms with Gasteiger partial charge in [0.15, 0.2) is 11.5 Å². The molecule has 1 unspecified atom stereocenters. The number of benzene rings is 1. The van der Waals surface area contributed by atoms with Gasteiger partial charge in [-0.25, -0.2) is 4.99 Å². The number of aliphatic imine (C=N–C) groups is 1. The highest BCUT2D eigenvalue weighted by Gasteiger charge is 2.34. The molecule has 1 atom stereocenters. The van der Waals surface area contributed by atoms with E-state index >= 15 is 0 Å². The molecule has 1 N–H and O–H groups in total. The summed E-state index contributed by atoms with van der Waals surface area (Å²) in [6.45, 7) is 0. The monoisotopic (exact) mass is 364 g/mol. The van der Waals surface area contributed by atoms with E-state index in [0.717, 1.165) is 30.5 Å². The Morgan fingerprint density at radius 3 is 2.85 bits per heavy atom. The van der Waals surface area contributed by atoms with Gasteiger partial charge in [-0.1, -0.05) is 12.1 Å². The number of para-hydroxylation sites is 1. The summed E-state index contributed by atoms with van der Waals surface area (Å²) >= 11 is 0. The van der Waals surface area contributed by atoms with Crippen LogP contribution in [0.2, 0.25) is 0 Å². The van der Waals surface area contributed by atoms with Gasteiger partial charge in [-0.2, -0.15) is 0 Å². The van der Waals surface area contributed by atoms with Crippen LogP contribution in [-0.4, -0.2) is 31.7 Å². The first-order valence-corrected chi connectivity index (χ1v) is 8.89. The second kappa shape index (κ2) is 6.87. The molecule has 0 fully saturated rings. The van der Waals surface area contributed by atoms with Gasteiger partial charge in [-0.15, -0.1) is 0 Å². The molecule has 1 aromatic carbocycles. The fraction of sp³-hybridized carbons (Fsp3) is 0.286. The van der Waals surface area contributed by atoms with Crippen molar-refractivity contribution in [3.8, 4) is 11.5 Å². The first-order chi connectivity index (χ1) is 13.1. The van der Waals surface area contributed by atoms with Gasteiger partial charge in [-0.3, -0.25) is 9.59 Å². The molecule has 1 heterocycles. The van der Waals surface area contributed by atoms with Crippen LogP contribution >= 0.6 is 0 Å². The van der Waals surface area contributed by atoms with Crippen molar-refractivity contribution in [2.45, 2.75) is 19.3 Å². The van der Waals surface area contributed by atoms with Crippen molar-refractivity contribution in [3.63, 3.8) is 0 Å². The Hall–Kier alpha value is -3.15. The lowest BCUT2D eigenvalue weighted by Crippen LogP contribution is -2.35. The number of rotatable bonds is 3. The number of carbonyl (C=O) groups is 2. The molecule has 0 radical (unpaired) electrons. The van der Waals surface area contributed by atoms with E-state index < -0.39 is 5.91 Å². The van der Waals surface area contributed by atoms with Gasteiger partial charge in [0.1, 0.15) is 0 Å². The number of amides is 2. The molecule has 0 bridgehead atoms. The average molecular weight is 364 g/mol. The van der Waals surface area contributed by atoms with Crippen molar-refractivity contribution in [2.75, 3.05) is 14.2 Å². The molecule has 0 saturated carbocycles. The van der Waals surface area contributed by atoms with E-state index in [4.69, 9.17) is 9.47 Å². The standard InChI is InChI=1S/C21H20N2O4/c1-26-18-8-4-7-16(19(18)27-2)21(25)22-12-9-10-14-13-5-3-6-15(13)20(24)23-17(14)11-12/h4,7-11,14H,3,5-6H2,1-2H3,(H,23,24). The quantitative estimate of drug-likeness (QED) is 0.895. The number of fused-ring (bicyclic) bond motifs is 2. The molecule has 27 heavy (non-hydrogen) atoms. The maximum Gasteiger partial charge on any atom is 0.281 e. The average Bonchev–Trinajstić information content (AvgIpc) is 3.17. The Morgan fingerprint density at radius 1 is 1.22 bits per heavy atom. The first-order valence-electron chi connectivity index (χ1n) is 8.89. The number of nitrogens with one attached hydrogen (secondary N) is 1. The number of methoxy groups -OCH3 is 2. The van der Waals surface area contributed by atoms with Crippen LogP contribution in [0.4, 0.5) is 0 Å². The molecule has 0 spiro atoms. The molecule has 138 valence electrons. The predicted molar refractivity (Wildman–Crippen MR) is 101 cm³/mol. The summed E-state index contributed by atoms with van der Waals surface area (Å²) < 4.78 is 10.5. The third-order valence-corrected chi connectivity index (χ3v) is 5.13. The Kier molecular flexibility index (Phi) is 4.39. The molecular weight excluding hydrogens is 344 g/mol. The Labute approximate surface area is 157 Å². The number of ether oxygens (including phenoxy) is 2. The van der Waals surface area contributed by atoms with Crippen LogP contribution in [0, 0.1) is 5.92 Å². The second-order valence-corrected chi connectivity index (χ2v) is 6.63. The summed E-state index contributed by atoms with van der Waals surface area (Å²) in [6, 6.07) is 5.09. The van der Waals surface area contributed by atoms with Gasteiger partial charge in [0, 0.05) is 17.2 Å². The van der Waals surface area contributed by atoms with Crippen molar-refractivity contribution in [3.05, 3.63) is 58.8 Å². The van der Waals surface area contributed by atoms with Crippen LogP contribution in [0.15, 0.2) is 58.3 Å². The van der Waals surface area contributed by atoms with Crippen molar-refractivity contribution in [1.29, 1.82) is 0 Å². The zero-order valence-corrected chi connectivity index (χ0v) is 15.2. The maximum atomic E-state index is 12.7. The van der Waals surface area contributed by atoms with Crippen molar-refractivity contribution >= 4 is 17.5 Å². The van der Waals surface area contributed by atoms with Crippen LogP contribution in [0.5, 0.6) is 11.5 Å². The third kappa shape index (κ3) is 2.97. The van der Waals surface area contributed by atoms with E-state index in [2.05, 4.69) is 10.3 Å². The van der Waals surface area contributed by atoms with Gasteiger partial charge in [0.05, 0.1) is 25.5 Å². The largest absolute Gasteiger partial charge is 0.493 e. The molecule has 2 aliphatic carbocycles. The van der Waals surface area contributed by atoms with Crippen molar-refractivity contribution in [1.82, 2.24) is 5.32 Å². The van der Waals surface area contributed by atoms with Crippen LogP contribution < -0.4 is 14.8 Å². The number of allylic oxidation sites excluding steroid dienone is 3. The van der Waals surface area contributed by atoms with E-state index in [-0.39, 0.29) is 11.8 Å². The van der Waals surface area contributed by atoms with Crippen LogP contribution in [0.25, 0.3) is 0 Å². The zero-order chi connectivity index (χ0) is 19.0. The fourth-order valence-electron chi connectivity index (χ4n) is 3.89. The van der Waals surface area contributed by atoms with Crippen molar-refractivity contribution in [2.24, 2.45) is 10.9 Å². The molecule has 0 aromatic heterocycles. The molecule has 0 saturated heterocycles. The number of hydrogen-bond donors (Lipinski definition) is 1.